The molecule has 3 aromatic rings. The molecule has 2 amide bonds. The van der Waals surface area contributed by atoms with E-state index in [4.69, 9.17) is 9.15 Å². The highest BCUT2D eigenvalue weighted by atomic mass is 32.2. The lowest BCUT2D eigenvalue weighted by Gasteiger charge is -2.16. The second-order valence-corrected chi connectivity index (χ2v) is 7.51. The molecule has 0 saturated heterocycles. The number of aromatic nitrogens is 2. The second kappa shape index (κ2) is 10.6. The van der Waals surface area contributed by atoms with Crippen molar-refractivity contribution in [3.8, 4) is 5.75 Å². The third kappa shape index (κ3) is 6.82. The van der Waals surface area contributed by atoms with Crippen LogP contribution in [0.2, 0.25) is 0 Å². The number of benzene rings is 2. The number of likely N-dealkylation sites (N-methyl/N-ethyl adjacent to an activating group) is 1. The summed E-state index contributed by atoms with van der Waals surface area (Å²) in [5, 5.41) is 10.8. The topological polar surface area (TPSA) is 97.6 Å². The van der Waals surface area contributed by atoms with Crippen LogP contribution in [0.15, 0.2) is 58.2 Å². The number of rotatable bonds is 9. The highest BCUT2D eigenvalue weighted by molar-refractivity contribution is 7.99. The summed E-state index contributed by atoms with van der Waals surface area (Å²) in [6, 6.07) is 12.9. The quantitative estimate of drug-likeness (QED) is 0.507. The van der Waals surface area contributed by atoms with Crippen molar-refractivity contribution in [2.24, 2.45) is 0 Å². The van der Waals surface area contributed by atoms with E-state index in [1.807, 2.05) is 24.3 Å². The molecular formula is C21H21FN4O4S. The highest BCUT2D eigenvalue weighted by Crippen LogP contribution is 2.19. The van der Waals surface area contributed by atoms with E-state index in [9.17, 15) is 14.0 Å². The Hall–Kier alpha value is -3.40. The van der Waals surface area contributed by atoms with Gasteiger partial charge < -0.3 is 19.4 Å². The van der Waals surface area contributed by atoms with Crippen molar-refractivity contribution in [3.05, 3.63) is 65.8 Å². The Morgan fingerprint density at radius 2 is 1.84 bits per heavy atom. The molecule has 2 aromatic carbocycles. The van der Waals surface area contributed by atoms with Crippen LogP contribution >= 0.6 is 11.8 Å². The molecule has 1 N–H and O–H groups in total. The predicted octanol–water partition coefficient (Wildman–Crippen LogP) is 3.00. The molecule has 10 heteroatoms. The van der Waals surface area contributed by atoms with Crippen molar-refractivity contribution in [2.75, 3.05) is 31.8 Å². The molecule has 31 heavy (non-hydrogen) atoms. The Labute approximate surface area is 182 Å². The standard InChI is InChI=1S/C21H21FN4O4S/c1-26(12-18(27)23-16-7-5-15(22)6-8-16)20(28)13-31-21-25-24-19(30-21)11-14-3-9-17(29-2)10-4-14/h3-10H,11-13H2,1-2H3,(H,23,27). The molecule has 0 aliphatic rings. The molecule has 1 heterocycles. The van der Waals surface area contributed by atoms with Gasteiger partial charge in [0, 0.05) is 12.7 Å². The number of methoxy groups -OCH3 is 1. The number of halogens is 1. The van der Waals surface area contributed by atoms with Gasteiger partial charge in [0.25, 0.3) is 5.22 Å². The third-order valence-corrected chi connectivity index (χ3v) is 5.02. The van der Waals surface area contributed by atoms with Gasteiger partial charge in [0.05, 0.1) is 25.8 Å². The third-order valence-electron chi connectivity index (χ3n) is 4.22. The lowest BCUT2D eigenvalue weighted by molar-refractivity contribution is -0.131. The molecule has 0 fully saturated rings. The number of hydrogen-bond acceptors (Lipinski definition) is 7. The van der Waals surface area contributed by atoms with Gasteiger partial charge in [0.15, 0.2) is 0 Å². The molecule has 0 aliphatic heterocycles. The minimum Gasteiger partial charge on any atom is -0.497 e. The molecule has 0 saturated carbocycles. The van der Waals surface area contributed by atoms with Crippen molar-refractivity contribution in [1.29, 1.82) is 0 Å². The van der Waals surface area contributed by atoms with E-state index >= 15 is 0 Å². The fourth-order valence-electron chi connectivity index (χ4n) is 2.56. The van der Waals surface area contributed by atoms with Crippen LogP contribution in [0.3, 0.4) is 0 Å². The maximum Gasteiger partial charge on any atom is 0.277 e. The number of carbonyl (C=O) groups excluding carboxylic acids is 2. The van der Waals surface area contributed by atoms with Crippen molar-refractivity contribution in [1.82, 2.24) is 15.1 Å². The maximum absolute atomic E-state index is 12.9. The van der Waals surface area contributed by atoms with Crippen molar-refractivity contribution in [2.45, 2.75) is 11.6 Å². The zero-order chi connectivity index (χ0) is 22.2. The van der Waals surface area contributed by atoms with Gasteiger partial charge in [-0.05, 0) is 42.0 Å². The van der Waals surface area contributed by atoms with Gasteiger partial charge in [-0.1, -0.05) is 23.9 Å². The van der Waals surface area contributed by atoms with E-state index in [-0.39, 0.29) is 29.3 Å². The summed E-state index contributed by atoms with van der Waals surface area (Å²) in [5.41, 5.74) is 1.45. The summed E-state index contributed by atoms with van der Waals surface area (Å²) < 4.78 is 23.6. The summed E-state index contributed by atoms with van der Waals surface area (Å²) in [4.78, 5) is 25.6. The van der Waals surface area contributed by atoms with Gasteiger partial charge in [-0.15, -0.1) is 10.2 Å². The van der Waals surface area contributed by atoms with Crippen LogP contribution in [-0.4, -0.2) is 53.4 Å². The second-order valence-electron chi connectivity index (χ2n) is 6.58. The van der Waals surface area contributed by atoms with Crippen LogP contribution in [0, 0.1) is 5.82 Å². The molecule has 8 nitrogen and oxygen atoms in total. The predicted molar refractivity (Wildman–Crippen MR) is 113 cm³/mol. The van der Waals surface area contributed by atoms with E-state index < -0.39 is 5.82 Å². The maximum atomic E-state index is 12.9. The smallest absolute Gasteiger partial charge is 0.277 e. The van der Waals surface area contributed by atoms with Gasteiger partial charge in [-0.3, -0.25) is 9.59 Å². The SMILES string of the molecule is COc1ccc(Cc2nnc(SCC(=O)N(C)CC(=O)Nc3ccc(F)cc3)o2)cc1. The first-order chi connectivity index (χ1) is 14.9. The number of nitrogens with one attached hydrogen (secondary N) is 1. The molecule has 0 unspecified atom stereocenters. The van der Waals surface area contributed by atoms with Crippen molar-refractivity contribution >= 4 is 29.3 Å². The van der Waals surface area contributed by atoms with Crippen LogP contribution in [-0.2, 0) is 16.0 Å². The highest BCUT2D eigenvalue weighted by Gasteiger charge is 2.16. The van der Waals surface area contributed by atoms with Crippen molar-refractivity contribution in [3.63, 3.8) is 0 Å². The average molecular weight is 444 g/mol. The Bertz CT molecular complexity index is 1020. The van der Waals surface area contributed by atoms with E-state index in [1.54, 1.807) is 7.11 Å². The molecule has 0 aliphatic carbocycles. The normalized spacial score (nSPS) is 10.5. The Morgan fingerprint density at radius 1 is 1.13 bits per heavy atom. The number of anilines is 1. The lowest BCUT2D eigenvalue weighted by Crippen LogP contribution is -2.35. The summed E-state index contributed by atoms with van der Waals surface area (Å²) in [5.74, 6) is 0.202. The number of ether oxygens (including phenoxy) is 1. The number of amides is 2. The number of nitrogens with zero attached hydrogens (tertiary/aromatic N) is 3. The molecule has 162 valence electrons. The summed E-state index contributed by atoms with van der Waals surface area (Å²) in [6.07, 6.45) is 0.467. The molecule has 0 radical (unpaired) electrons. The number of thioether (sulfide) groups is 1. The average Bonchev–Trinajstić information content (AvgIpc) is 3.21. The molecule has 0 atom stereocenters. The van der Waals surface area contributed by atoms with E-state index in [0.717, 1.165) is 23.1 Å². The van der Waals surface area contributed by atoms with Crippen LogP contribution in [0.5, 0.6) is 5.75 Å². The Morgan fingerprint density at radius 3 is 2.52 bits per heavy atom. The van der Waals surface area contributed by atoms with Gasteiger partial charge in [0.1, 0.15) is 11.6 Å². The minimum atomic E-state index is -0.393. The summed E-state index contributed by atoms with van der Waals surface area (Å²) in [7, 11) is 3.13. The van der Waals surface area contributed by atoms with Gasteiger partial charge in [-0.25, -0.2) is 4.39 Å². The van der Waals surface area contributed by atoms with Gasteiger partial charge in [-0.2, -0.15) is 0 Å². The zero-order valence-corrected chi connectivity index (χ0v) is 17.8. The molecular weight excluding hydrogens is 423 g/mol. The van der Waals surface area contributed by atoms with Crippen LogP contribution in [0.25, 0.3) is 0 Å². The molecule has 3 rings (SSSR count). The number of hydrogen-bond donors (Lipinski definition) is 1. The first kappa shape index (κ1) is 22.3. The van der Waals surface area contributed by atoms with Crippen LogP contribution in [0.4, 0.5) is 10.1 Å². The lowest BCUT2D eigenvalue weighted by atomic mass is 10.1. The minimum absolute atomic E-state index is 0.0461. The van der Waals surface area contributed by atoms with Crippen molar-refractivity contribution < 1.29 is 23.1 Å². The summed E-state index contributed by atoms with van der Waals surface area (Å²) in [6.45, 7) is -0.136. The van der Waals surface area contributed by atoms with E-state index in [1.165, 1.54) is 36.2 Å². The first-order valence-corrected chi connectivity index (χ1v) is 10.3. The fourth-order valence-corrected chi connectivity index (χ4v) is 3.28. The Balaban J connectivity index is 1.44. The monoisotopic (exact) mass is 444 g/mol. The Kier molecular flexibility index (Phi) is 7.60. The number of carbonyl (C=O) groups is 2. The van der Waals surface area contributed by atoms with Crippen LogP contribution in [0.1, 0.15) is 11.5 Å². The molecule has 1 aromatic heterocycles. The molecule has 0 spiro atoms. The fraction of sp³-hybridized carbons (Fsp3) is 0.238. The van der Waals surface area contributed by atoms with Gasteiger partial charge >= 0.3 is 0 Å². The van der Waals surface area contributed by atoms with Gasteiger partial charge in [0.2, 0.25) is 17.7 Å². The van der Waals surface area contributed by atoms with E-state index in [2.05, 4.69) is 15.5 Å². The first-order valence-electron chi connectivity index (χ1n) is 9.30. The van der Waals surface area contributed by atoms with Crippen LogP contribution < -0.4 is 10.1 Å². The molecule has 0 bridgehead atoms. The van der Waals surface area contributed by atoms with E-state index in [0.29, 0.717) is 18.0 Å². The largest absolute Gasteiger partial charge is 0.497 e. The summed E-state index contributed by atoms with van der Waals surface area (Å²) >= 11 is 1.10. The zero-order valence-electron chi connectivity index (χ0n) is 17.0.